The molecular weight excluding hydrogens is 328 g/mol. The maximum atomic E-state index is 12.3. The average Bonchev–Trinajstić information content (AvgIpc) is 2.53. The molecule has 6 heteroatoms. The maximum absolute atomic E-state index is 12.3. The lowest BCUT2D eigenvalue weighted by molar-refractivity contribution is -0.115. The zero-order chi connectivity index (χ0) is 17.3. The quantitative estimate of drug-likeness (QED) is 0.883. The molecule has 0 bridgehead atoms. The Hall–Kier alpha value is -2.53. The van der Waals surface area contributed by atoms with E-state index in [1.807, 2.05) is 30.3 Å². The lowest BCUT2D eigenvalue weighted by Crippen LogP contribution is -2.43. The molecule has 1 N–H and O–H groups in total. The van der Waals surface area contributed by atoms with Gasteiger partial charge in [-0.2, -0.15) is 0 Å². The van der Waals surface area contributed by atoms with E-state index < -0.39 is 6.09 Å². The fourth-order valence-corrected chi connectivity index (χ4v) is 2.75. The van der Waals surface area contributed by atoms with Crippen LogP contribution in [0.15, 0.2) is 42.5 Å². The summed E-state index contributed by atoms with van der Waals surface area (Å²) in [7, 11) is 0. The summed E-state index contributed by atoms with van der Waals surface area (Å²) < 4.78 is 5.25. The van der Waals surface area contributed by atoms with E-state index in [4.69, 9.17) is 16.3 Å². The molecule has 0 unspecified atom stereocenters. The lowest BCUT2D eigenvalue weighted by atomic mass is 10.0. The Balaban J connectivity index is 2.02. The van der Waals surface area contributed by atoms with E-state index in [0.29, 0.717) is 16.4 Å². The smallest absolute Gasteiger partial charge is 0.415 e. The van der Waals surface area contributed by atoms with Gasteiger partial charge in [0.15, 0.2) is 0 Å². The van der Waals surface area contributed by atoms with E-state index in [0.717, 1.165) is 11.1 Å². The number of anilines is 2. The molecular formula is C18H17ClN2O3. The van der Waals surface area contributed by atoms with E-state index >= 15 is 0 Å². The van der Waals surface area contributed by atoms with Crippen molar-refractivity contribution in [2.24, 2.45) is 0 Å². The molecule has 2 amide bonds. The zero-order valence-electron chi connectivity index (χ0n) is 13.4. The molecule has 0 aromatic heterocycles. The third-order valence-corrected chi connectivity index (χ3v) is 3.81. The molecule has 1 heterocycles. The van der Waals surface area contributed by atoms with E-state index in [-0.39, 0.29) is 18.6 Å². The van der Waals surface area contributed by atoms with Gasteiger partial charge in [-0.15, -0.1) is 0 Å². The Morgan fingerprint density at radius 3 is 2.67 bits per heavy atom. The molecule has 0 radical (unpaired) electrons. The van der Waals surface area contributed by atoms with Gasteiger partial charge in [0.1, 0.15) is 6.54 Å². The Morgan fingerprint density at radius 2 is 1.96 bits per heavy atom. The van der Waals surface area contributed by atoms with Crippen LogP contribution in [0.1, 0.15) is 13.8 Å². The highest BCUT2D eigenvalue weighted by Crippen LogP contribution is 2.35. The van der Waals surface area contributed by atoms with Crippen LogP contribution in [-0.4, -0.2) is 24.6 Å². The summed E-state index contributed by atoms with van der Waals surface area (Å²) in [4.78, 5) is 25.5. The lowest BCUT2D eigenvalue weighted by Gasteiger charge is -2.29. The molecule has 0 fully saturated rings. The maximum Gasteiger partial charge on any atom is 0.415 e. The van der Waals surface area contributed by atoms with Gasteiger partial charge in [0, 0.05) is 5.02 Å². The minimum Gasteiger partial charge on any atom is -0.446 e. The Bertz CT molecular complexity index is 805. The normalized spacial score (nSPS) is 13.5. The molecule has 1 aliphatic heterocycles. The average molecular weight is 345 g/mol. The number of amides is 2. The number of rotatable bonds is 2. The first-order valence-corrected chi connectivity index (χ1v) is 8.00. The molecule has 0 spiro atoms. The van der Waals surface area contributed by atoms with Crippen molar-refractivity contribution in [3.63, 3.8) is 0 Å². The van der Waals surface area contributed by atoms with E-state index in [9.17, 15) is 9.59 Å². The van der Waals surface area contributed by atoms with Crippen molar-refractivity contribution in [1.82, 2.24) is 0 Å². The number of carbonyl (C=O) groups excluding carboxylic acids is 2. The second kappa shape index (κ2) is 6.53. The molecule has 2 aromatic rings. The molecule has 2 aromatic carbocycles. The second-order valence-electron chi connectivity index (χ2n) is 5.81. The number of nitrogens with zero attached hydrogens (tertiary/aromatic N) is 1. The summed E-state index contributed by atoms with van der Waals surface area (Å²) in [6, 6.07) is 13.0. The standard InChI is InChI=1S/C18H17ClN2O3/c1-11(2)24-18(23)21-10-17(22)20-15-7-6-13(9-16(15)21)12-4-3-5-14(19)8-12/h3-9,11H,10H2,1-2H3,(H,20,22). The second-order valence-corrected chi connectivity index (χ2v) is 6.25. The highest BCUT2D eigenvalue weighted by Gasteiger charge is 2.28. The van der Waals surface area contributed by atoms with Gasteiger partial charge in [-0.05, 0) is 49.2 Å². The van der Waals surface area contributed by atoms with Crippen LogP contribution in [0, 0.1) is 0 Å². The molecule has 0 saturated carbocycles. The van der Waals surface area contributed by atoms with Crippen molar-refractivity contribution < 1.29 is 14.3 Å². The number of benzene rings is 2. The topological polar surface area (TPSA) is 58.6 Å². The van der Waals surface area contributed by atoms with Gasteiger partial charge in [-0.25, -0.2) is 4.79 Å². The molecule has 124 valence electrons. The monoisotopic (exact) mass is 344 g/mol. The number of carbonyl (C=O) groups is 2. The molecule has 3 rings (SSSR count). The summed E-state index contributed by atoms with van der Waals surface area (Å²) in [5.74, 6) is -0.251. The van der Waals surface area contributed by atoms with Crippen LogP contribution < -0.4 is 10.2 Å². The largest absolute Gasteiger partial charge is 0.446 e. The van der Waals surface area contributed by atoms with Gasteiger partial charge in [0.05, 0.1) is 17.5 Å². The molecule has 0 aliphatic carbocycles. The van der Waals surface area contributed by atoms with Crippen molar-refractivity contribution in [3.8, 4) is 11.1 Å². The summed E-state index contributed by atoms with van der Waals surface area (Å²) in [6.07, 6.45) is -0.800. The van der Waals surface area contributed by atoms with Crippen LogP contribution in [0.4, 0.5) is 16.2 Å². The van der Waals surface area contributed by atoms with Crippen LogP contribution in [0.25, 0.3) is 11.1 Å². The Morgan fingerprint density at radius 1 is 1.21 bits per heavy atom. The summed E-state index contributed by atoms with van der Waals surface area (Å²) in [5, 5.41) is 3.41. The van der Waals surface area contributed by atoms with E-state index in [1.54, 1.807) is 26.0 Å². The highest BCUT2D eigenvalue weighted by atomic mass is 35.5. The van der Waals surface area contributed by atoms with Crippen LogP contribution >= 0.6 is 11.6 Å². The third kappa shape index (κ3) is 3.36. The van der Waals surface area contributed by atoms with Crippen molar-refractivity contribution in [1.29, 1.82) is 0 Å². The predicted molar refractivity (Wildman–Crippen MR) is 94.5 cm³/mol. The van der Waals surface area contributed by atoms with Gasteiger partial charge in [-0.1, -0.05) is 29.8 Å². The van der Waals surface area contributed by atoms with E-state index in [1.165, 1.54) is 4.90 Å². The first kappa shape index (κ1) is 16.3. The number of hydrogen-bond donors (Lipinski definition) is 1. The minimum atomic E-state index is -0.538. The van der Waals surface area contributed by atoms with E-state index in [2.05, 4.69) is 5.32 Å². The van der Waals surface area contributed by atoms with Gasteiger partial charge in [0.25, 0.3) is 0 Å². The van der Waals surface area contributed by atoms with Crippen LogP contribution in [0.3, 0.4) is 0 Å². The SMILES string of the molecule is CC(C)OC(=O)N1CC(=O)Nc2ccc(-c3cccc(Cl)c3)cc21. The van der Waals surface area contributed by atoms with Gasteiger partial charge in [0.2, 0.25) is 5.91 Å². The molecule has 0 atom stereocenters. The highest BCUT2D eigenvalue weighted by molar-refractivity contribution is 6.30. The fourth-order valence-electron chi connectivity index (χ4n) is 2.55. The summed E-state index contributed by atoms with van der Waals surface area (Å²) in [5.41, 5.74) is 3.02. The van der Waals surface area contributed by atoms with Crippen LogP contribution in [0.2, 0.25) is 5.02 Å². The van der Waals surface area contributed by atoms with Crippen molar-refractivity contribution in [2.45, 2.75) is 20.0 Å². The third-order valence-electron chi connectivity index (χ3n) is 3.58. The Labute approximate surface area is 145 Å². The van der Waals surface area contributed by atoms with Gasteiger partial charge in [-0.3, -0.25) is 9.69 Å². The summed E-state index contributed by atoms with van der Waals surface area (Å²) in [6.45, 7) is 3.47. The van der Waals surface area contributed by atoms with Crippen LogP contribution in [0.5, 0.6) is 0 Å². The van der Waals surface area contributed by atoms with Crippen LogP contribution in [-0.2, 0) is 9.53 Å². The number of ether oxygens (including phenoxy) is 1. The Kier molecular flexibility index (Phi) is 4.44. The molecule has 24 heavy (non-hydrogen) atoms. The van der Waals surface area contributed by atoms with Gasteiger partial charge < -0.3 is 10.1 Å². The molecule has 0 saturated heterocycles. The fraction of sp³-hybridized carbons (Fsp3) is 0.222. The summed E-state index contributed by atoms with van der Waals surface area (Å²) >= 11 is 6.05. The number of halogens is 1. The van der Waals surface area contributed by atoms with Crippen molar-refractivity contribution in [3.05, 3.63) is 47.5 Å². The van der Waals surface area contributed by atoms with Crippen molar-refractivity contribution >= 4 is 35.0 Å². The van der Waals surface area contributed by atoms with Gasteiger partial charge >= 0.3 is 6.09 Å². The number of fused-ring (bicyclic) bond motifs is 1. The zero-order valence-corrected chi connectivity index (χ0v) is 14.1. The molecule has 1 aliphatic rings. The molecule has 5 nitrogen and oxygen atoms in total. The number of nitrogens with one attached hydrogen (secondary N) is 1. The first-order valence-electron chi connectivity index (χ1n) is 7.62. The minimum absolute atomic E-state index is 0.0719. The first-order chi connectivity index (χ1) is 11.4. The number of hydrogen-bond acceptors (Lipinski definition) is 3. The predicted octanol–water partition coefficient (Wildman–Crippen LogP) is 4.31. The van der Waals surface area contributed by atoms with Crippen molar-refractivity contribution in [2.75, 3.05) is 16.8 Å².